The first kappa shape index (κ1) is 30.3. The molecule has 1 unspecified atom stereocenters. The standard InChI is InChI=1S/C35H39N5O5/c1-22-20-26(24-13-16-39(17-14-24)35(43)45-19-18-44-3)10-11-30(22)38-31-12-9-25-6-4-7-27(32(25)31)28-8-5-15-36-33(28)40-23(2)29(21-37-40)34(41)42/h4-8,10-11,15,20-21,24,31,38H,9,12-14,16-19H2,1-3H3,(H,41,42). The number of methoxy groups -OCH3 is 1. The van der Waals surface area contributed by atoms with Gasteiger partial charge < -0.3 is 24.8 Å². The van der Waals surface area contributed by atoms with Gasteiger partial charge in [-0.3, -0.25) is 0 Å². The van der Waals surface area contributed by atoms with Crippen molar-refractivity contribution in [1.29, 1.82) is 0 Å². The van der Waals surface area contributed by atoms with Crippen molar-refractivity contribution in [2.45, 2.75) is 51.5 Å². The Hall–Kier alpha value is -4.70. The quantitative estimate of drug-likeness (QED) is 0.212. The number of benzene rings is 2. The van der Waals surface area contributed by atoms with Gasteiger partial charge in [-0.15, -0.1) is 0 Å². The molecule has 2 aliphatic rings. The number of nitrogens with zero attached hydrogens (tertiary/aromatic N) is 4. The third-order valence-corrected chi connectivity index (χ3v) is 9.08. The van der Waals surface area contributed by atoms with Crippen molar-refractivity contribution in [2.24, 2.45) is 0 Å². The molecule has 2 aromatic heterocycles. The fraction of sp³-hybridized carbons (Fsp3) is 0.371. The molecule has 2 N–H and O–H groups in total. The number of aryl methyl sites for hydroxylation is 2. The highest BCUT2D eigenvalue weighted by Crippen LogP contribution is 2.42. The minimum absolute atomic E-state index is 0.106. The summed E-state index contributed by atoms with van der Waals surface area (Å²) in [6.07, 6.45) is 6.56. The summed E-state index contributed by atoms with van der Waals surface area (Å²) in [5, 5.41) is 17.8. The number of pyridine rings is 1. The summed E-state index contributed by atoms with van der Waals surface area (Å²) < 4.78 is 11.9. The minimum atomic E-state index is -1.01. The van der Waals surface area contributed by atoms with Crippen molar-refractivity contribution in [1.82, 2.24) is 19.7 Å². The number of carbonyl (C=O) groups is 2. The summed E-state index contributed by atoms with van der Waals surface area (Å²) in [5.74, 6) is -0.00119. The van der Waals surface area contributed by atoms with Crippen LogP contribution >= 0.6 is 0 Å². The number of anilines is 1. The van der Waals surface area contributed by atoms with E-state index in [9.17, 15) is 14.7 Å². The van der Waals surface area contributed by atoms with Gasteiger partial charge >= 0.3 is 12.1 Å². The lowest BCUT2D eigenvalue weighted by Crippen LogP contribution is -2.38. The molecule has 1 aliphatic heterocycles. The molecule has 0 spiro atoms. The largest absolute Gasteiger partial charge is 0.478 e. The van der Waals surface area contributed by atoms with Crippen molar-refractivity contribution in [3.05, 3.63) is 94.4 Å². The monoisotopic (exact) mass is 609 g/mol. The smallest absolute Gasteiger partial charge is 0.409 e. The topological polar surface area (TPSA) is 119 Å². The van der Waals surface area contributed by atoms with E-state index in [1.807, 2.05) is 12.1 Å². The first-order valence-electron chi connectivity index (χ1n) is 15.5. The second kappa shape index (κ2) is 13.1. The number of fused-ring (bicyclic) bond motifs is 1. The average Bonchev–Trinajstić information content (AvgIpc) is 3.65. The van der Waals surface area contributed by atoms with Crippen molar-refractivity contribution in [2.75, 3.05) is 38.7 Å². The van der Waals surface area contributed by atoms with E-state index in [-0.39, 0.29) is 24.3 Å². The first-order valence-corrected chi connectivity index (χ1v) is 15.5. The maximum absolute atomic E-state index is 12.3. The molecule has 1 saturated heterocycles. The molecule has 234 valence electrons. The Morgan fingerprint density at radius 2 is 1.82 bits per heavy atom. The molecule has 1 aliphatic carbocycles. The van der Waals surface area contributed by atoms with E-state index in [0.29, 0.717) is 37.1 Å². The maximum Gasteiger partial charge on any atom is 0.409 e. The first-order chi connectivity index (χ1) is 21.9. The number of nitrogens with one attached hydrogen (secondary N) is 1. The fourth-order valence-corrected chi connectivity index (χ4v) is 6.66. The normalized spacial score (nSPS) is 16.4. The summed E-state index contributed by atoms with van der Waals surface area (Å²) in [6.45, 7) is 5.95. The molecule has 45 heavy (non-hydrogen) atoms. The van der Waals surface area contributed by atoms with Crippen LogP contribution in [0, 0.1) is 13.8 Å². The van der Waals surface area contributed by atoms with Gasteiger partial charge in [-0.05, 0) is 91.5 Å². The summed E-state index contributed by atoms with van der Waals surface area (Å²) in [4.78, 5) is 30.5. The molecular formula is C35H39N5O5. The van der Waals surface area contributed by atoms with Crippen LogP contribution in [0.2, 0.25) is 0 Å². The summed E-state index contributed by atoms with van der Waals surface area (Å²) >= 11 is 0. The number of likely N-dealkylation sites (tertiary alicyclic amines) is 1. The number of hydrogen-bond acceptors (Lipinski definition) is 7. The van der Waals surface area contributed by atoms with E-state index in [1.165, 1.54) is 28.5 Å². The number of rotatable bonds is 9. The number of aromatic nitrogens is 3. The molecule has 10 nitrogen and oxygen atoms in total. The number of ether oxygens (including phenoxy) is 2. The van der Waals surface area contributed by atoms with E-state index < -0.39 is 5.97 Å². The van der Waals surface area contributed by atoms with Crippen LogP contribution in [0.5, 0.6) is 0 Å². The zero-order valence-corrected chi connectivity index (χ0v) is 26.0. The van der Waals surface area contributed by atoms with Crippen molar-refractivity contribution in [3.8, 4) is 16.9 Å². The summed E-state index contributed by atoms with van der Waals surface area (Å²) in [6, 6.07) is 17.1. The number of carboxylic acid groups (broad SMARTS) is 1. The van der Waals surface area contributed by atoms with Crippen molar-refractivity contribution in [3.63, 3.8) is 0 Å². The minimum Gasteiger partial charge on any atom is -0.478 e. The molecule has 3 heterocycles. The van der Waals surface area contributed by atoms with Gasteiger partial charge in [0.2, 0.25) is 0 Å². The Bertz CT molecular complexity index is 1710. The van der Waals surface area contributed by atoms with Gasteiger partial charge in [0.15, 0.2) is 5.82 Å². The Balaban J connectivity index is 1.20. The molecule has 0 radical (unpaired) electrons. The second-order valence-electron chi connectivity index (χ2n) is 11.8. The second-order valence-corrected chi connectivity index (χ2v) is 11.8. The van der Waals surface area contributed by atoms with Gasteiger partial charge in [-0.1, -0.05) is 30.3 Å². The Morgan fingerprint density at radius 1 is 1.02 bits per heavy atom. The highest BCUT2D eigenvalue weighted by molar-refractivity contribution is 5.89. The fourth-order valence-electron chi connectivity index (χ4n) is 6.66. The van der Waals surface area contributed by atoms with E-state index >= 15 is 0 Å². The van der Waals surface area contributed by atoms with Crippen molar-refractivity contribution < 1.29 is 24.2 Å². The van der Waals surface area contributed by atoms with Gasteiger partial charge in [0, 0.05) is 37.6 Å². The predicted molar refractivity (Wildman–Crippen MR) is 171 cm³/mol. The molecule has 1 amide bonds. The van der Waals surface area contributed by atoms with Gasteiger partial charge in [-0.2, -0.15) is 5.10 Å². The molecule has 0 bridgehead atoms. The number of hydrogen-bond donors (Lipinski definition) is 2. The van der Waals surface area contributed by atoms with Crippen LogP contribution in [-0.4, -0.2) is 70.2 Å². The van der Waals surface area contributed by atoms with Crippen molar-refractivity contribution >= 4 is 17.7 Å². The lowest BCUT2D eigenvalue weighted by molar-refractivity contribution is 0.0658. The highest BCUT2D eigenvalue weighted by Gasteiger charge is 2.29. The number of carboxylic acids is 1. The third kappa shape index (κ3) is 6.15. The van der Waals surface area contributed by atoms with Crippen LogP contribution < -0.4 is 5.32 Å². The SMILES string of the molecule is COCCOC(=O)N1CCC(c2ccc(NC3CCc4cccc(-c5cccnc5-n5ncc(C(=O)O)c5C)c43)c(C)c2)CC1. The molecular weight excluding hydrogens is 570 g/mol. The number of piperidine rings is 1. The van der Waals surface area contributed by atoms with Crippen LogP contribution in [0.4, 0.5) is 10.5 Å². The number of amides is 1. The van der Waals surface area contributed by atoms with E-state index in [0.717, 1.165) is 42.5 Å². The van der Waals surface area contributed by atoms with Gasteiger partial charge in [0.1, 0.15) is 12.2 Å². The summed E-state index contributed by atoms with van der Waals surface area (Å²) in [7, 11) is 1.59. The van der Waals surface area contributed by atoms with Crippen LogP contribution in [0.1, 0.15) is 69.5 Å². The third-order valence-electron chi connectivity index (χ3n) is 9.08. The molecule has 1 fully saturated rings. The molecule has 6 rings (SSSR count). The van der Waals surface area contributed by atoms with E-state index in [4.69, 9.17) is 9.47 Å². The van der Waals surface area contributed by atoms with Crippen LogP contribution in [-0.2, 0) is 15.9 Å². The maximum atomic E-state index is 12.3. The molecule has 10 heteroatoms. The van der Waals surface area contributed by atoms with E-state index in [1.54, 1.807) is 29.8 Å². The summed E-state index contributed by atoms with van der Waals surface area (Å²) in [5.41, 5.74) is 8.80. The Kier molecular flexibility index (Phi) is 8.84. The van der Waals surface area contributed by atoms with Gasteiger partial charge in [0.25, 0.3) is 0 Å². The molecule has 0 saturated carbocycles. The molecule has 1 atom stereocenters. The molecule has 4 aromatic rings. The van der Waals surface area contributed by atoms with Gasteiger partial charge in [-0.25, -0.2) is 19.3 Å². The van der Waals surface area contributed by atoms with Gasteiger partial charge in [0.05, 0.1) is 24.5 Å². The lowest BCUT2D eigenvalue weighted by atomic mass is 9.88. The van der Waals surface area contributed by atoms with Crippen LogP contribution in [0.25, 0.3) is 16.9 Å². The average molecular weight is 610 g/mol. The lowest BCUT2D eigenvalue weighted by Gasteiger charge is -2.32. The Morgan fingerprint density at radius 3 is 2.56 bits per heavy atom. The molecule has 2 aromatic carbocycles. The van der Waals surface area contributed by atoms with E-state index in [2.05, 4.69) is 58.7 Å². The number of carbonyl (C=O) groups excluding carboxylic acids is 1. The van der Waals surface area contributed by atoms with Crippen LogP contribution in [0.15, 0.2) is 60.9 Å². The predicted octanol–water partition coefficient (Wildman–Crippen LogP) is 6.31. The highest BCUT2D eigenvalue weighted by atomic mass is 16.6. The number of aromatic carboxylic acids is 1. The zero-order chi connectivity index (χ0) is 31.5. The Labute approximate surface area is 263 Å². The zero-order valence-electron chi connectivity index (χ0n) is 26.0. The van der Waals surface area contributed by atoms with Crippen LogP contribution in [0.3, 0.4) is 0 Å².